The Kier molecular flexibility index (Phi) is 8.00. The van der Waals surface area contributed by atoms with Crippen molar-refractivity contribution in [3.8, 4) is 0 Å². The Hall–Kier alpha value is -2.18. The van der Waals surface area contributed by atoms with Gasteiger partial charge in [0.1, 0.15) is 0 Å². The second-order valence-corrected chi connectivity index (χ2v) is 7.64. The molecule has 27 heavy (non-hydrogen) atoms. The molecule has 0 aliphatic carbocycles. The lowest BCUT2D eigenvalue weighted by Gasteiger charge is -2.24. The van der Waals surface area contributed by atoms with Gasteiger partial charge in [0.25, 0.3) is 0 Å². The Morgan fingerprint density at radius 1 is 1.07 bits per heavy atom. The zero-order valence-corrected chi connectivity index (χ0v) is 17.4. The van der Waals surface area contributed by atoms with Crippen LogP contribution in [0.2, 0.25) is 0 Å². The normalized spacial score (nSPS) is 12.0. The second-order valence-electron chi connectivity index (χ2n) is 6.66. The Morgan fingerprint density at radius 3 is 2.30 bits per heavy atom. The molecule has 0 aliphatic heterocycles. The number of hydrogen-bond acceptors (Lipinski definition) is 4. The van der Waals surface area contributed by atoms with Gasteiger partial charge in [0, 0.05) is 18.0 Å². The number of carbonyl (C=O) groups excluding carboxylic acids is 2. The standard InChI is InChI=1S/C21H29N3O2S/c1-5-24(6-2)20(26)15-23(4)14-19(25)22-21(18-8-7-13-27-18)17-11-9-16(3)10-12-17/h7-13,21H,5-6,14-15H2,1-4H3,(H,22,25). The average molecular weight is 388 g/mol. The number of rotatable bonds is 9. The Morgan fingerprint density at radius 2 is 1.74 bits per heavy atom. The van der Waals surface area contributed by atoms with E-state index in [4.69, 9.17) is 0 Å². The molecule has 0 aliphatic rings. The quantitative estimate of drug-likeness (QED) is 0.719. The number of amides is 2. The minimum atomic E-state index is -0.176. The van der Waals surface area contributed by atoms with E-state index < -0.39 is 0 Å². The predicted molar refractivity (Wildman–Crippen MR) is 111 cm³/mol. The van der Waals surface area contributed by atoms with Gasteiger partial charge in [-0.1, -0.05) is 35.9 Å². The summed E-state index contributed by atoms with van der Waals surface area (Å²) in [5, 5.41) is 5.13. The first-order valence-electron chi connectivity index (χ1n) is 9.30. The first-order valence-corrected chi connectivity index (χ1v) is 10.2. The molecule has 0 saturated heterocycles. The van der Waals surface area contributed by atoms with Crippen molar-refractivity contribution in [3.05, 3.63) is 57.8 Å². The first kappa shape index (κ1) is 21.1. The third kappa shape index (κ3) is 6.19. The van der Waals surface area contributed by atoms with Gasteiger partial charge in [-0.2, -0.15) is 0 Å². The zero-order chi connectivity index (χ0) is 19.8. The number of thiophene rings is 1. The molecule has 1 aromatic heterocycles. The molecule has 2 aromatic rings. The third-order valence-electron chi connectivity index (χ3n) is 4.48. The highest BCUT2D eigenvalue weighted by atomic mass is 32.1. The molecular weight excluding hydrogens is 358 g/mol. The number of nitrogens with zero attached hydrogens (tertiary/aromatic N) is 2. The van der Waals surface area contributed by atoms with Gasteiger partial charge in [-0.3, -0.25) is 14.5 Å². The average Bonchev–Trinajstić information content (AvgIpc) is 3.15. The Balaban J connectivity index is 2.01. The summed E-state index contributed by atoms with van der Waals surface area (Å²) in [5.41, 5.74) is 2.24. The van der Waals surface area contributed by atoms with Crippen LogP contribution >= 0.6 is 11.3 Å². The van der Waals surface area contributed by atoms with Crippen molar-refractivity contribution in [3.63, 3.8) is 0 Å². The molecule has 2 amide bonds. The van der Waals surface area contributed by atoms with Crippen LogP contribution in [0.5, 0.6) is 0 Å². The summed E-state index contributed by atoms with van der Waals surface area (Å²) in [4.78, 5) is 29.5. The van der Waals surface area contributed by atoms with E-state index in [0.29, 0.717) is 13.1 Å². The van der Waals surface area contributed by atoms with Gasteiger partial charge >= 0.3 is 0 Å². The number of aryl methyl sites for hydroxylation is 1. The van der Waals surface area contributed by atoms with Gasteiger partial charge in [-0.15, -0.1) is 11.3 Å². The highest BCUT2D eigenvalue weighted by Crippen LogP contribution is 2.26. The molecule has 146 valence electrons. The number of nitrogens with one attached hydrogen (secondary N) is 1. The van der Waals surface area contributed by atoms with Gasteiger partial charge in [0.05, 0.1) is 19.1 Å². The second kappa shape index (κ2) is 10.2. The van der Waals surface area contributed by atoms with Crippen LogP contribution in [0.15, 0.2) is 41.8 Å². The third-order valence-corrected chi connectivity index (χ3v) is 5.42. The van der Waals surface area contributed by atoms with E-state index >= 15 is 0 Å². The van der Waals surface area contributed by atoms with Gasteiger partial charge in [0.2, 0.25) is 11.8 Å². The zero-order valence-electron chi connectivity index (χ0n) is 16.6. The highest BCUT2D eigenvalue weighted by molar-refractivity contribution is 7.10. The fourth-order valence-electron chi connectivity index (χ4n) is 2.95. The van der Waals surface area contributed by atoms with E-state index in [1.165, 1.54) is 5.56 Å². The number of likely N-dealkylation sites (N-methyl/N-ethyl adjacent to an activating group) is 2. The van der Waals surface area contributed by atoms with Crippen LogP contribution in [0.25, 0.3) is 0 Å². The fourth-order valence-corrected chi connectivity index (χ4v) is 3.75. The summed E-state index contributed by atoms with van der Waals surface area (Å²) in [6.07, 6.45) is 0. The van der Waals surface area contributed by atoms with Crippen molar-refractivity contribution in [1.29, 1.82) is 0 Å². The SMILES string of the molecule is CCN(CC)C(=O)CN(C)CC(=O)NC(c1ccc(C)cc1)c1cccs1. The molecule has 6 heteroatoms. The minimum Gasteiger partial charge on any atom is -0.343 e. The van der Waals surface area contributed by atoms with Gasteiger partial charge < -0.3 is 10.2 Å². The van der Waals surface area contributed by atoms with Crippen molar-refractivity contribution in [2.24, 2.45) is 0 Å². The number of benzene rings is 1. The van der Waals surface area contributed by atoms with Crippen molar-refractivity contribution in [1.82, 2.24) is 15.1 Å². The Labute approximate surface area is 166 Å². The summed E-state index contributed by atoms with van der Waals surface area (Å²) in [6, 6.07) is 12.0. The Bertz CT molecular complexity index is 724. The van der Waals surface area contributed by atoms with Crippen LogP contribution in [0.4, 0.5) is 0 Å². The molecule has 1 atom stereocenters. The number of hydrogen-bond donors (Lipinski definition) is 1. The molecule has 2 rings (SSSR count). The van der Waals surface area contributed by atoms with E-state index in [9.17, 15) is 9.59 Å². The van der Waals surface area contributed by atoms with Crippen LogP contribution in [-0.4, -0.2) is 54.8 Å². The predicted octanol–water partition coefficient (Wildman–Crippen LogP) is 3.06. The van der Waals surface area contributed by atoms with Gasteiger partial charge in [0.15, 0.2) is 0 Å². The molecule has 0 radical (unpaired) electrons. The van der Waals surface area contributed by atoms with Crippen LogP contribution in [0.3, 0.4) is 0 Å². The molecule has 5 nitrogen and oxygen atoms in total. The van der Waals surface area contributed by atoms with Crippen molar-refractivity contribution < 1.29 is 9.59 Å². The molecule has 1 N–H and O–H groups in total. The summed E-state index contributed by atoms with van der Waals surface area (Å²) >= 11 is 1.62. The van der Waals surface area contributed by atoms with E-state index in [1.807, 2.05) is 50.4 Å². The molecule has 1 heterocycles. The maximum absolute atomic E-state index is 12.6. The minimum absolute atomic E-state index is 0.0450. The molecule has 0 saturated carbocycles. The number of carbonyl (C=O) groups is 2. The molecule has 1 unspecified atom stereocenters. The van der Waals surface area contributed by atoms with Crippen LogP contribution in [-0.2, 0) is 9.59 Å². The largest absolute Gasteiger partial charge is 0.343 e. The highest BCUT2D eigenvalue weighted by Gasteiger charge is 2.20. The molecule has 0 bridgehead atoms. The molecule has 1 aromatic carbocycles. The summed E-state index contributed by atoms with van der Waals surface area (Å²) < 4.78 is 0. The lowest BCUT2D eigenvalue weighted by molar-refractivity contribution is -0.132. The lowest BCUT2D eigenvalue weighted by atomic mass is 10.0. The van der Waals surface area contributed by atoms with E-state index in [0.717, 1.165) is 10.4 Å². The topological polar surface area (TPSA) is 52.7 Å². The lowest BCUT2D eigenvalue weighted by Crippen LogP contribution is -2.43. The summed E-state index contributed by atoms with van der Waals surface area (Å²) in [7, 11) is 1.80. The van der Waals surface area contributed by atoms with Gasteiger partial charge in [-0.05, 0) is 44.8 Å². The van der Waals surface area contributed by atoms with Crippen molar-refractivity contribution in [2.45, 2.75) is 26.8 Å². The summed E-state index contributed by atoms with van der Waals surface area (Å²) in [6.45, 7) is 7.75. The molecule has 0 fully saturated rings. The molecular formula is C21H29N3O2S. The maximum Gasteiger partial charge on any atom is 0.236 e. The van der Waals surface area contributed by atoms with Crippen LogP contribution in [0, 0.1) is 6.92 Å². The van der Waals surface area contributed by atoms with E-state index in [-0.39, 0.29) is 30.9 Å². The van der Waals surface area contributed by atoms with Crippen molar-refractivity contribution in [2.75, 3.05) is 33.2 Å². The smallest absolute Gasteiger partial charge is 0.236 e. The van der Waals surface area contributed by atoms with Crippen molar-refractivity contribution >= 4 is 23.2 Å². The van der Waals surface area contributed by atoms with E-state index in [2.05, 4.69) is 17.4 Å². The first-order chi connectivity index (χ1) is 12.9. The maximum atomic E-state index is 12.6. The molecule has 0 spiro atoms. The van der Waals surface area contributed by atoms with Gasteiger partial charge in [-0.25, -0.2) is 0 Å². The monoisotopic (exact) mass is 387 g/mol. The van der Waals surface area contributed by atoms with E-state index in [1.54, 1.807) is 28.2 Å². The van der Waals surface area contributed by atoms with Crippen LogP contribution < -0.4 is 5.32 Å². The fraction of sp³-hybridized carbons (Fsp3) is 0.429. The van der Waals surface area contributed by atoms with Crippen LogP contribution in [0.1, 0.15) is 35.9 Å². The summed E-state index contributed by atoms with van der Waals surface area (Å²) in [5.74, 6) is -0.0486.